The quantitative estimate of drug-likeness (QED) is 0.293. The van der Waals surface area contributed by atoms with Crippen LogP contribution in [0.2, 0.25) is 0 Å². The van der Waals surface area contributed by atoms with Crippen LogP contribution >= 0.6 is 0 Å². The van der Waals surface area contributed by atoms with E-state index < -0.39 is 11.7 Å². The van der Waals surface area contributed by atoms with Gasteiger partial charge in [-0.3, -0.25) is 9.20 Å². The fraction of sp³-hybridized carbons (Fsp3) is 0.200. The van der Waals surface area contributed by atoms with Crippen LogP contribution in [0.4, 0.5) is 16.0 Å². The van der Waals surface area contributed by atoms with Crippen LogP contribution in [0.1, 0.15) is 41.5 Å². The molecule has 2 aliphatic rings. The normalized spacial score (nSPS) is 17.5. The SMILES string of the molecule is Nc1nccn2c([C@@H]3CC4(CC4)CN3)nc(-c3ccc(C(=O)Nc4cc(-c5ccccc5)ccn4)cc3F)c12. The summed E-state index contributed by atoms with van der Waals surface area (Å²) in [5.74, 6) is 0.424. The van der Waals surface area contributed by atoms with Gasteiger partial charge in [-0.2, -0.15) is 0 Å². The lowest BCUT2D eigenvalue weighted by Crippen LogP contribution is -2.16. The average molecular weight is 520 g/mol. The summed E-state index contributed by atoms with van der Waals surface area (Å²) in [7, 11) is 0. The number of benzene rings is 2. The van der Waals surface area contributed by atoms with Gasteiger partial charge in [0.25, 0.3) is 5.91 Å². The van der Waals surface area contributed by atoms with Crippen molar-refractivity contribution in [2.45, 2.75) is 25.3 Å². The topological polar surface area (TPSA) is 110 Å². The summed E-state index contributed by atoms with van der Waals surface area (Å²) in [6, 6.07) is 17.9. The van der Waals surface area contributed by atoms with E-state index in [2.05, 4.69) is 20.6 Å². The minimum Gasteiger partial charge on any atom is -0.382 e. The van der Waals surface area contributed by atoms with Crippen LogP contribution in [0.5, 0.6) is 0 Å². The maximum Gasteiger partial charge on any atom is 0.256 e. The Morgan fingerprint density at radius 3 is 2.67 bits per heavy atom. The van der Waals surface area contributed by atoms with Crippen molar-refractivity contribution >= 4 is 23.1 Å². The number of hydrogen-bond donors (Lipinski definition) is 3. The molecule has 0 bridgehead atoms. The average Bonchev–Trinajstić information content (AvgIpc) is 3.41. The summed E-state index contributed by atoms with van der Waals surface area (Å²) in [6.07, 6.45) is 8.51. The van der Waals surface area contributed by atoms with E-state index in [-0.39, 0.29) is 23.0 Å². The monoisotopic (exact) mass is 519 g/mol. The molecule has 1 spiro atoms. The van der Waals surface area contributed by atoms with Crippen molar-refractivity contribution < 1.29 is 9.18 Å². The predicted octanol–water partition coefficient (Wildman–Crippen LogP) is 5.25. The lowest BCUT2D eigenvalue weighted by atomic mass is 10.0. The van der Waals surface area contributed by atoms with Crippen LogP contribution in [0.15, 0.2) is 79.3 Å². The van der Waals surface area contributed by atoms with E-state index in [1.807, 2.05) is 47.0 Å². The molecule has 4 N–H and O–H groups in total. The first-order valence-electron chi connectivity index (χ1n) is 13.0. The van der Waals surface area contributed by atoms with Crippen LogP contribution in [0.3, 0.4) is 0 Å². The van der Waals surface area contributed by atoms with Gasteiger partial charge in [0.05, 0.1) is 6.04 Å². The van der Waals surface area contributed by atoms with Crippen LogP contribution in [-0.4, -0.2) is 31.8 Å². The second-order valence-electron chi connectivity index (χ2n) is 10.4. The summed E-state index contributed by atoms with van der Waals surface area (Å²) in [5, 5.41) is 6.35. The smallest absolute Gasteiger partial charge is 0.256 e. The Bertz CT molecular complexity index is 1730. The van der Waals surface area contributed by atoms with Crippen molar-refractivity contribution in [1.82, 2.24) is 24.7 Å². The Kier molecular flexibility index (Phi) is 5.41. The lowest BCUT2D eigenvalue weighted by molar-refractivity contribution is 0.102. The second-order valence-corrected chi connectivity index (χ2v) is 10.4. The number of hydrogen-bond acceptors (Lipinski definition) is 6. The number of nitrogens with one attached hydrogen (secondary N) is 2. The zero-order valence-electron chi connectivity index (χ0n) is 21.1. The maximum atomic E-state index is 15.6. The number of anilines is 2. The van der Waals surface area contributed by atoms with Gasteiger partial charge in [0.2, 0.25) is 0 Å². The van der Waals surface area contributed by atoms with Gasteiger partial charge in [-0.1, -0.05) is 30.3 Å². The van der Waals surface area contributed by atoms with Gasteiger partial charge in [0, 0.05) is 36.3 Å². The van der Waals surface area contributed by atoms with Gasteiger partial charge >= 0.3 is 0 Å². The van der Waals surface area contributed by atoms with Crippen molar-refractivity contribution in [2.75, 3.05) is 17.6 Å². The number of carbonyl (C=O) groups is 1. The van der Waals surface area contributed by atoms with Crippen molar-refractivity contribution in [3.8, 4) is 22.4 Å². The summed E-state index contributed by atoms with van der Waals surface area (Å²) in [4.78, 5) is 26.3. The van der Waals surface area contributed by atoms with Crippen molar-refractivity contribution in [1.29, 1.82) is 0 Å². The highest BCUT2D eigenvalue weighted by Gasteiger charge is 2.49. The number of rotatable bonds is 5. The highest BCUT2D eigenvalue weighted by molar-refractivity contribution is 6.04. The van der Waals surface area contributed by atoms with E-state index >= 15 is 4.39 Å². The standard InChI is InChI=1S/C30H26FN7O/c31-22-14-20(29(39)36-24-15-19(8-11-33-24)18-4-2-1-3-5-18)6-7-21(22)25-26-27(32)34-12-13-38(26)28(37-25)23-16-30(9-10-30)17-35-23/h1-8,11-15,23,35H,9-10,16-17H2,(H2,32,34)(H,33,36,39)/t23-/m0/s1. The van der Waals surface area contributed by atoms with Crippen LogP contribution in [0.25, 0.3) is 27.9 Å². The largest absolute Gasteiger partial charge is 0.382 e. The Hall–Kier alpha value is -4.63. The third-order valence-electron chi connectivity index (χ3n) is 7.83. The van der Waals surface area contributed by atoms with E-state index in [4.69, 9.17) is 10.7 Å². The predicted molar refractivity (Wildman–Crippen MR) is 147 cm³/mol. The van der Waals surface area contributed by atoms with Gasteiger partial charge < -0.3 is 16.4 Å². The molecule has 2 aromatic carbocycles. The van der Waals surface area contributed by atoms with Gasteiger partial charge in [-0.05, 0) is 66.1 Å². The molecule has 1 amide bonds. The lowest BCUT2D eigenvalue weighted by Gasteiger charge is -2.09. The highest BCUT2D eigenvalue weighted by atomic mass is 19.1. The molecule has 1 atom stereocenters. The highest BCUT2D eigenvalue weighted by Crippen LogP contribution is 2.55. The molecule has 0 radical (unpaired) electrons. The van der Waals surface area contributed by atoms with Crippen molar-refractivity contribution in [3.63, 3.8) is 0 Å². The van der Waals surface area contributed by atoms with E-state index in [0.29, 0.717) is 22.4 Å². The summed E-state index contributed by atoms with van der Waals surface area (Å²) in [6.45, 7) is 0.962. The molecule has 1 saturated heterocycles. The molecule has 4 heterocycles. The first-order chi connectivity index (χ1) is 19.0. The molecule has 8 nitrogen and oxygen atoms in total. The number of nitrogens with two attached hydrogens (primary N) is 1. The Morgan fingerprint density at radius 2 is 1.90 bits per heavy atom. The number of nitrogens with zero attached hydrogens (tertiary/aromatic N) is 4. The number of halogens is 1. The van der Waals surface area contributed by atoms with E-state index in [1.165, 1.54) is 18.9 Å². The van der Waals surface area contributed by atoms with E-state index in [9.17, 15) is 4.79 Å². The summed E-state index contributed by atoms with van der Waals surface area (Å²) < 4.78 is 17.5. The fourth-order valence-electron chi connectivity index (χ4n) is 5.52. The van der Waals surface area contributed by atoms with E-state index in [1.54, 1.807) is 30.6 Å². The molecule has 1 aliphatic heterocycles. The molecular weight excluding hydrogens is 493 g/mol. The molecule has 7 rings (SSSR count). The van der Waals surface area contributed by atoms with Crippen LogP contribution in [0, 0.1) is 11.2 Å². The minimum atomic E-state index is -0.568. The Balaban J connectivity index is 1.19. The van der Waals surface area contributed by atoms with Gasteiger partial charge in [-0.25, -0.2) is 19.3 Å². The zero-order chi connectivity index (χ0) is 26.6. The Morgan fingerprint density at radius 1 is 1.05 bits per heavy atom. The third-order valence-corrected chi connectivity index (χ3v) is 7.83. The molecule has 2 fully saturated rings. The van der Waals surface area contributed by atoms with Gasteiger partial charge in [0.1, 0.15) is 34.5 Å². The van der Waals surface area contributed by atoms with Crippen molar-refractivity contribution in [2.24, 2.45) is 5.41 Å². The fourth-order valence-corrected chi connectivity index (χ4v) is 5.52. The summed E-state index contributed by atoms with van der Waals surface area (Å²) >= 11 is 0. The number of carbonyl (C=O) groups excluding carboxylic acids is 1. The van der Waals surface area contributed by atoms with Crippen LogP contribution in [-0.2, 0) is 0 Å². The molecular formula is C30H26FN7O. The number of amides is 1. The number of imidazole rings is 1. The minimum absolute atomic E-state index is 0.0582. The number of fused-ring (bicyclic) bond motifs is 1. The summed E-state index contributed by atoms with van der Waals surface area (Å²) in [5.41, 5.74) is 9.95. The maximum absolute atomic E-state index is 15.6. The zero-order valence-corrected chi connectivity index (χ0v) is 21.1. The number of pyridine rings is 1. The van der Waals surface area contributed by atoms with E-state index in [0.717, 1.165) is 29.9 Å². The first-order valence-corrected chi connectivity index (χ1v) is 13.0. The second kappa shape index (κ2) is 8.99. The molecule has 1 saturated carbocycles. The Labute approximate surface area is 224 Å². The first kappa shape index (κ1) is 23.5. The van der Waals surface area contributed by atoms with Crippen LogP contribution < -0.4 is 16.4 Å². The molecule has 0 unspecified atom stereocenters. The molecule has 5 aromatic rings. The third kappa shape index (κ3) is 4.21. The van der Waals surface area contributed by atoms with Crippen molar-refractivity contribution in [3.05, 3.63) is 96.5 Å². The molecule has 9 heteroatoms. The molecule has 194 valence electrons. The molecule has 3 aromatic heterocycles. The van der Waals surface area contributed by atoms with Gasteiger partial charge in [-0.15, -0.1) is 0 Å². The van der Waals surface area contributed by atoms with Gasteiger partial charge in [0.15, 0.2) is 0 Å². The molecule has 1 aliphatic carbocycles. The molecule has 39 heavy (non-hydrogen) atoms. The number of nitrogen functional groups attached to an aromatic ring is 1. The number of aromatic nitrogens is 4.